The van der Waals surface area contributed by atoms with E-state index in [4.69, 9.17) is 9.47 Å². The van der Waals surface area contributed by atoms with Crippen LogP contribution >= 0.6 is 0 Å². The van der Waals surface area contributed by atoms with Crippen molar-refractivity contribution in [1.29, 1.82) is 0 Å². The molecular formula is C25H26N2O5S. The smallest absolute Gasteiger partial charge is 0.264 e. The molecule has 1 amide bonds. The van der Waals surface area contributed by atoms with Crippen molar-refractivity contribution < 1.29 is 22.7 Å². The lowest BCUT2D eigenvalue weighted by atomic mass is 10.2. The molecular weight excluding hydrogens is 440 g/mol. The van der Waals surface area contributed by atoms with Gasteiger partial charge in [-0.25, -0.2) is 8.42 Å². The molecule has 0 aromatic heterocycles. The molecule has 0 saturated heterocycles. The maximum atomic E-state index is 13.4. The topological polar surface area (TPSA) is 84.9 Å². The van der Waals surface area contributed by atoms with Crippen LogP contribution in [0.3, 0.4) is 0 Å². The second-order valence-corrected chi connectivity index (χ2v) is 9.58. The van der Waals surface area contributed by atoms with Crippen LogP contribution in [0.2, 0.25) is 0 Å². The molecule has 1 heterocycles. The zero-order chi connectivity index (χ0) is 23.4. The van der Waals surface area contributed by atoms with Crippen LogP contribution in [0, 0.1) is 6.92 Å². The lowest BCUT2D eigenvalue weighted by molar-refractivity contribution is -0.127. The molecule has 4 rings (SSSR count). The van der Waals surface area contributed by atoms with E-state index in [0.29, 0.717) is 18.0 Å². The highest BCUT2D eigenvalue weighted by molar-refractivity contribution is 7.92. The van der Waals surface area contributed by atoms with Crippen LogP contribution in [0.5, 0.6) is 11.5 Å². The van der Waals surface area contributed by atoms with E-state index >= 15 is 0 Å². The van der Waals surface area contributed by atoms with E-state index in [1.165, 1.54) is 4.31 Å². The number of hydrogen-bond acceptors (Lipinski definition) is 5. The third kappa shape index (κ3) is 4.96. The van der Waals surface area contributed by atoms with Crippen LogP contribution in [0.1, 0.15) is 18.1 Å². The molecule has 0 radical (unpaired) electrons. The minimum atomic E-state index is -3.88. The molecule has 1 N–H and O–H groups in total. The minimum Gasteiger partial charge on any atom is -0.494 e. The van der Waals surface area contributed by atoms with Crippen molar-refractivity contribution >= 4 is 21.6 Å². The van der Waals surface area contributed by atoms with Crippen molar-refractivity contribution in [3.05, 3.63) is 83.9 Å². The number of carbonyl (C=O) groups is 1. The number of anilines is 1. The predicted molar refractivity (Wildman–Crippen MR) is 126 cm³/mol. The molecule has 1 aliphatic heterocycles. The van der Waals surface area contributed by atoms with E-state index in [1.807, 2.05) is 38.1 Å². The normalized spacial score (nSPS) is 15.3. The fraction of sp³-hybridized carbons (Fsp3) is 0.240. The van der Waals surface area contributed by atoms with E-state index in [-0.39, 0.29) is 18.0 Å². The number of ether oxygens (including phenoxy) is 2. The molecule has 3 aromatic carbocycles. The number of benzene rings is 3. The fourth-order valence-electron chi connectivity index (χ4n) is 3.62. The Hall–Kier alpha value is -3.52. The van der Waals surface area contributed by atoms with Crippen molar-refractivity contribution in [2.24, 2.45) is 0 Å². The Morgan fingerprint density at radius 2 is 1.85 bits per heavy atom. The molecule has 0 aliphatic carbocycles. The first-order valence-corrected chi connectivity index (χ1v) is 12.2. The number of carbonyl (C=O) groups excluding carboxylic acids is 1. The Kier molecular flexibility index (Phi) is 6.55. The second-order valence-electron chi connectivity index (χ2n) is 7.72. The SMILES string of the molecule is CCOc1cccc(CNC(=O)[C@H]2CN(S(=O)(=O)c3ccc(C)cc3)c3ccccc3O2)c1. The second kappa shape index (κ2) is 9.54. The van der Waals surface area contributed by atoms with Gasteiger partial charge in [0.25, 0.3) is 15.9 Å². The van der Waals surface area contributed by atoms with E-state index in [0.717, 1.165) is 16.9 Å². The zero-order valence-electron chi connectivity index (χ0n) is 18.5. The van der Waals surface area contributed by atoms with Crippen LogP contribution in [0.25, 0.3) is 0 Å². The van der Waals surface area contributed by atoms with Crippen molar-refractivity contribution in [3.63, 3.8) is 0 Å². The van der Waals surface area contributed by atoms with Crippen LogP contribution in [0.15, 0.2) is 77.7 Å². The number of hydrogen-bond donors (Lipinski definition) is 1. The van der Waals surface area contributed by atoms with Crippen molar-refractivity contribution in [2.75, 3.05) is 17.5 Å². The summed E-state index contributed by atoms with van der Waals surface area (Å²) in [5.41, 5.74) is 2.24. The highest BCUT2D eigenvalue weighted by Crippen LogP contribution is 2.36. The van der Waals surface area contributed by atoms with E-state index in [2.05, 4.69) is 5.32 Å². The molecule has 7 nitrogen and oxygen atoms in total. The third-order valence-electron chi connectivity index (χ3n) is 5.31. The van der Waals surface area contributed by atoms with Gasteiger partial charge in [-0.1, -0.05) is 42.0 Å². The van der Waals surface area contributed by atoms with Gasteiger partial charge in [-0.2, -0.15) is 0 Å². The molecule has 0 spiro atoms. The highest BCUT2D eigenvalue weighted by atomic mass is 32.2. The van der Waals surface area contributed by atoms with Crippen LogP contribution < -0.4 is 19.1 Å². The van der Waals surface area contributed by atoms with Gasteiger partial charge >= 0.3 is 0 Å². The first kappa shape index (κ1) is 22.7. The first-order chi connectivity index (χ1) is 15.9. The average Bonchev–Trinajstić information content (AvgIpc) is 2.82. The number of sulfonamides is 1. The monoisotopic (exact) mass is 466 g/mol. The molecule has 0 unspecified atom stereocenters. The number of nitrogens with zero attached hydrogens (tertiary/aromatic N) is 1. The molecule has 33 heavy (non-hydrogen) atoms. The number of aryl methyl sites for hydroxylation is 1. The summed E-state index contributed by atoms with van der Waals surface area (Å²) in [5, 5.41) is 2.85. The molecule has 172 valence electrons. The predicted octanol–water partition coefficient (Wildman–Crippen LogP) is 3.67. The standard InChI is InChI=1S/C25H26N2O5S/c1-3-31-20-8-6-7-19(15-20)16-26-25(28)24-17-27(22-9-4-5-10-23(22)32-24)33(29,30)21-13-11-18(2)12-14-21/h4-15,24H,3,16-17H2,1-2H3,(H,26,28)/t24-/m1/s1. The van der Waals surface area contributed by atoms with Crippen molar-refractivity contribution in [2.45, 2.75) is 31.4 Å². The highest BCUT2D eigenvalue weighted by Gasteiger charge is 2.37. The largest absolute Gasteiger partial charge is 0.494 e. The Labute approximate surface area is 194 Å². The van der Waals surface area contributed by atoms with Gasteiger partial charge in [-0.05, 0) is 55.8 Å². The summed E-state index contributed by atoms with van der Waals surface area (Å²) < 4.78 is 39.5. The third-order valence-corrected chi connectivity index (χ3v) is 7.11. The van der Waals surface area contributed by atoms with Crippen LogP contribution in [-0.2, 0) is 21.4 Å². The maximum Gasteiger partial charge on any atom is 0.264 e. The fourth-order valence-corrected chi connectivity index (χ4v) is 5.09. The maximum absolute atomic E-state index is 13.4. The Bertz CT molecular complexity index is 1240. The number of amides is 1. The molecule has 0 fully saturated rings. The number of rotatable bonds is 7. The summed E-state index contributed by atoms with van der Waals surface area (Å²) in [6, 6.07) is 20.9. The minimum absolute atomic E-state index is 0.127. The number of para-hydroxylation sites is 2. The van der Waals surface area contributed by atoms with Crippen LogP contribution in [-0.4, -0.2) is 33.6 Å². The molecule has 8 heteroatoms. The summed E-state index contributed by atoms with van der Waals surface area (Å²) in [5.74, 6) is 0.677. The molecule has 0 bridgehead atoms. The van der Waals surface area contributed by atoms with Gasteiger partial charge < -0.3 is 14.8 Å². The van der Waals surface area contributed by atoms with Gasteiger partial charge in [-0.3, -0.25) is 9.10 Å². The number of fused-ring (bicyclic) bond motifs is 1. The quantitative estimate of drug-likeness (QED) is 0.574. The average molecular weight is 467 g/mol. The van der Waals surface area contributed by atoms with Gasteiger partial charge in [0.15, 0.2) is 6.10 Å². The Morgan fingerprint density at radius 1 is 1.09 bits per heavy atom. The summed E-state index contributed by atoms with van der Waals surface area (Å²) in [6.07, 6.45) is -0.991. The van der Waals surface area contributed by atoms with Gasteiger partial charge in [0, 0.05) is 6.54 Å². The summed E-state index contributed by atoms with van der Waals surface area (Å²) in [7, 11) is -3.88. The van der Waals surface area contributed by atoms with Crippen molar-refractivity contribution in [1.82, 2.24) is 5.32 Å². The lowest BCUT2D eigenvalue weighted by Crippen LogP contribution is -2.50. The van der Waals surface area contributed by atoms with Crippen LogP contribution in [0.4, 0.5) is 5.69 Å². The van der Waals surface area contributed by atoms with Gasteiger partial charge in [-0.15, -0.1) is 0 Å². The van der Waals surface area contributed by atoms with Gasteiger partial charge in [0.05, 0.1) is 23.7 Å². The van der Waals surface area contributed by atoms with Gasteiger partial charge in [0.2, 0.25) is 0 Å². The summed E-state index contributed by atoms with van der Waals surface area (Å²) >= 11 is 0. The summed E-state index contributed by atoms with van der Waals surface area (Å²) in [4.78, 5) is 13.1. The summed E-state index contributed by atoms with van der Waals surface area (Å²) in [6.45, 7) is 4.49. The van der Waals surface area contributed by atoms with E-state index in [9.17, 15) is 13.2 Å². The Balaban J connectivity index is 1.55. The molecule has 3 aromatic rings. The first-order valence-electron chi connectivity index (χ1n) is 10.7. The van der Waals surface area contributed by atoms with E-state index < -0.39 is 22.0 Å². The lowest BCUT2D eigenvalue weighted by Gasteiger charge is -2.34. The molecule has 1 aliphatic rings. The van der Waals surface area contributed by atoms with E-state index in [1.54, 1.807) is 48.5 Å². The molecule has 0 saturated carbocycles. The van der Waals surface area contributed by atoms with Crippen molar-refractivity contribution in [3.8, 4) is 11.5 Å². The Morgan fingerprint density at radius 3 is 2.61 bits per heavy atom. The zero-order valence-corrected chi connectivity index (χ0v) is 19.3. The molecule has 1 atom stereocenters. The van der Waals surface area contributed by atoms with Gasteiger partial charge in [0.1, 0.15) is 11.5 Å². The number of nitrogens with one attached hydrogen (secondary N) is 1.